The van der Waals surface area contributed by atoms with Crippen LogP contribution in [0.5, 0.6) is 0 Å². The molecule has 3 aromatic rings. The maximum Gasteiger partial charge on any atom is 0.245 e. The summed E-state index contributed by atoms with van der Waals surface area (Å²) < 4.78 is 13.4. The number of carbonyl (C=O) groups excluding carboxylic acids is 1. The number of hydrogen-bond donors (Lipinski definition) is 1. The number of amides is 1. The van der Waals surface area contributed by atoms with Gasteiger partial charge in [-0.3, -0.25) is 14.7 Å². The van der Waals surface area contributed by atoms with Crippen molar-refractivity contribution in [2.45, 2.75) is 25.8 Å². The molecule has 0 saturated heterocycles. The number of aromatic nitrogens is 1. The Labute approximate surface area is 164 Å². The number of benzene rings is 2. The average Bonchev–Trinajstić information content (AvgIpc) is 2.88. The highest BCUT2D eigenvalue weighted by Gasteiger charge is 2.25. The second-order valence-electron chi connectivity index (χ2n) is 7.03. The number of rotatable bonds is 4. The highest BCUT2D eigenvalue weighted by molar-refractivity contribution is 6.03. The molecule has 0 saturated carbocycles. The van der Waals surface area contributed by atoms with Crippen LogP contribution in [0.1, 0.15) is 29.7 Å². The molecule has 0 radical (unpaired) electrons. The smallest absolute Gasteiger partial charge is 0.245 e. The maximum atomic E-state index is 13.4. The van der Waals surface area contributed by atoms with E-state index in [0.29, 0.717) is 5.56 Å². The summed E-state index contributed by atoms with van der Waals surface area (Å²) in [5.41, 5.74) is 4.90. The van der Waals surface area contributed by atoms with E-state index in [9.17, 15) is 9.18 Å². The van der Waals surface area contributed by atoms with Crippen molar-refractivity contribution in [3.63, 3.8) is 0 Å². The third-order valence-electron chi connectivity index (χ3n) is 5.16. The Morgan fingerprint density at radius 2 is 1.68 bits per heavy atom. The summed E-state index contributed by atoms with van der Waals surface area (Å²) in [6, 6.07) is 17.3. The Bertz CT molecular complexity index is 957. The van der Waals surface area contributed by atoms with Gasteiger partial charge in [-0.2, -0.15) is 0 Å². The molecule has 4 nitrogen and oxygen atoms in total. The summed E-state index contributed by atoms with van der Waals surface area (Å²) in [6.07, 6.45) is 4.58. The van der Waals surface area contributed by atoms with E-state index < -0.39 is 0 Å². The van der Waals surface area contributed by atoms with Crippen LogP contribution in [0.15, 0.2) is 67.0 Å². The van der Waals surface area contributed by atoms with Crippen molar-refractivity contribution < 1.29 is 9.18 Å². The number of hydrogen-bond acceptors (Lipinski definition) is 3. The molecule has 1 atom stereocenters. The van der Waals surface area contributed by atoms with E-state index >= 15 is 0 Å². The minimum atomic E-state index is -0.382. The fourth-order valence-corrected chi connectivity index (χ4v) is 3.65. The SMILES string of the molecule is CC(NCC(=O)N1c2ccccc2CCc2ccccc21)c1cncc(F)c1. The molecule has 0 aliphatic carbocycles. The van der Waals surface area contributed by atoms with Crippen LogP contribution in [0.2, 0.25) is 0 Å². The number of nitrogens with one attached hydrogen (secondary N) is 1. The lowest BCUT2D eigenvalue weighted by atomic mass is 10.0. The summed E-state index contributed by atoms with van der Waals surface area (Å²) in [5.74, 6) is -0.425. The van der Waals surface area contributed by atoms with Gasteiger partial charge in [0.25, 0.3) is 0 Å². The monoisotopic (exact) mass is 375 g/mol. The normalized spacial score (nSPS) is 14.0. The molecule has 2 heterocycles. The first-order valence-electron chi connectivity index (χ1n) is 9.46. The molecule has 0 spiro atoms. The summed E-state index contributed by atoms with van der Waals surface area (Å²) in [5, 5.41) is 3.21. The van der Waals surface area contributed by atoms with Crippen molar-refractivity contribution in [3.05, 3.63) is 89.5 Å². The number of pyridine rings is 1. The van der Waals surface area contributed by atoms with E-state index in [1.165, 1.54) is 12.3 Å². The van der Waals surface area contributed by atoms with Gasteiger partial charge in [-0.15, -0.1) is 0 Å². The Balaban J connectivity index is 1.60. The molecule has 28 heavy (non-hydrogen) atoms. The number of halogens is 1. The largest absolute Gasteiger partial charge is 0.302 e. The Hall–Kier alpha value is -3.05. The molecule has 1 aliphatic heterocycles. The third kappa shape index (κ3) is 3.66. The van der Waals surface area contributed by atoms with Crippen LogP contribution in [-0.2, 0) is 17.6 Å². The fourth-order valence-electron chi connectivity index (χ4n) is 3.65. The van der Waals surface area contributed by atoms with Crippen molar-refractivity contribution in [1.82, 2.24) is 10.3 Å². The Morgan fingerprint density at radius 3 is 2.29 bits per heavy atom. The van der Waals surface area contributed by atoms with Gasteiger partial charge in [0.2, 0.25) is 5.91 Å². The van der Waals surface area contributed by atoms with Gasteiger partial charge < -0.3 is 5.32 Å². The topological polar surface area (TPSA) is 45.2 Å². The molecule has 2 aromatic carbocycles. The first kappa shape index (κ1) is 18.3. The highest BCUT2D eigenvalue weighted by atomic mass is 19.1. The summed E-state index contributed by atoms with van der Waals surface area (Å²) in [7, 11) is 0. The molecule has 0 bridgehead atoms. The van der Waals surface area contributed by atoms with Crippen molar-refractivity contribution in [3.8, 4) is 0 Å². The van der Waals surface area contributed by atoms with E-state index in [2.05, 4.69) is 22.4 Å². The molecular formula is C23H22FN3O. The molecule has 1 aliphatic rings. The highest BCUT2D eigenvalue weighted by Crippen LogP contribution is 2.35. The van der Waals surface area contributed by atoms with Gasteiger partial charge in [0.05, 0.1) is 24.1 Å². The quantitative estimate of drug-likeness (QED) is 0.738. The van der Waals surface area contributed by atoms with E-state index in [0.717, 1.165) is 35.3 Å². The molecular weight excluding hydrogens is 353 g/mol. The first-order valence-corrected chi connectivity index (χ1v) is 9.46. The fraction of sp³-hybridized carbons (Fsp3) is 0.217. The lowest BCUT2D eigenvalue weighted by Crippen LogP contribution is -2.36. The third-order valence-corrected chi connectivity index (χ3v) is 5.16. The van der Waals surface area contributed by atoms with E-state index in [-0.39, 0.29) is 24.3 Å². The molecule has 1 N–H and O–H groups in total. The van der Waals surface area contributed by atoms with Crippen LogP contribution in [0.4, 0.5) is 15.8 Å². The Morgan fingerprint density at radius 1 is 1.07 bits per heavy atom. The zero-order valence-electron chi connectivity index (χ0n) is 15.7. The molecule has 4 rings (SSSR count). The van der Waals surface area contributed by atoms with Crippen LogP contribution in [0.3, 0.4) is 0 Å². The molecule has 0 fully saturated rings. The molecule has 142 valence electrons. The zero-order valence-corrected chi connectivity index (χ0v) is 15.7. The van der Waals surface area contributed by atoms with E-state index in [4.69, 9.17) is 0 Å². The van der Waals surface area contributed by atoms with Gasteiger partial charge in [0.1, 0.15) is 5.82 Å². The number of para-hydroxylation sites is 2. The molecule has 1 amide bonds. The molecule has 5 heteroatoms. The lowest BCUT2D eigenvalue weighted by molar-refractivity contribution is -0.117. The zero-order chi connectivity index (χ0) is 19.5. The average molecular weight is 375 g/mol. The maximum absolute atomic E-state index is 13.4. The number of anilines is 2. The van der Waals surface area contributed by atoms with Crippen LogP contribution >= 0.6 is 0 Å². The van der Waals surface area contributed by atoms with Gasteiger partial charge in [-0.05, 0) is 54.7 Å². The van der Waals surface area contributed by atoms with Gasteiger partial charge in [-0.25, -0.2) is 4.39 Å². The minimum Gasteiger partial charge on any atom is -0.302 e. The Kier molecular flexibility index (Phi) is 5.17. The van der Waals surface area contributed by atoms with Gasteiger partial charge >= 0.3 is 0 Å². The predicted molar refractivity (Wildman–Crippen MR) is 108 cm³/mol. The summed E-state index contributed by atoms with van der Waals surface area (Å²) in [4.78, 5) is 18.9. The second kappa shape index (κ2) is 7.90. The van der Waals surface area contributed by atoms with Crippen LogP contribution in [0, 0.1) is 5.82 Å². The van der Waals surface area contributed by atoms with Crippen molar-refractivity contribution in [2.75, 3.05) is 11.4 Å². The van der Waals surface area contributed by atoms with E-state index in [1.807, 2.05) is 43.3 Å². The van der Waals surface area contributed by atoms with Crippen LogP contribution in [-0.4, -0.2) is 17.4 Å². The van der Waals surface area contributed by atoms with Crippen molar-refractivity contribution in [2.24, 2.45) is 0 Å². The van der Waals surface area contributed by atoms with Crippen LogP contribution in [0.25, 0.3) is 0 Å². The standard InChI is InChI=1S/C23H22FN3O/c1-16(19-12-20(24)14-25-13-19)26-15-23(28)27-21-8-4-2-6-17(21)10-11-18-7-3-5-9-22(18)27/h2-9,12-14,16,26H,10-11,15H2,1H3. The van der Waals surface area contributed by atoms with Crippen LogP contribution < -0.4 is 10.2 Å². The first-order chi connectivity index (χ1) is 13.6. The number of aryl methyl sites for hydroxylation is 2. The summed E-state index contributed by atoms with van der Waals surface area (Å²) >= 11 is 0. The number of carbonyl (C=O) groups is 1. The van der Waals surface area contributed by atoms with E-state index in [1.54, 1.807) is 11.1 Å². The van der Waals surface area contributed by atoms with Gasteiger partial charge in [0.15, 0.2) is 0 Å². The minimum absolute atomic E-state index is 0.0435. The lowest BCUT2D eigenvalue weighted by Gasteiger charge is -2.26. The van der Waals surface area contributed by atoms with Crippen molar-refractivity contribution in [1.29, 1.82) is 0 Å². The molecule has 1 aromatic heterocycles. The van der Waals surface area contributed by atoms with Crippen molar-refractivity contribution >= 4 is 17.3 Å². The van der Waals surface area contributed by atoms with Gasteiger partial charge in [0, 0.05) is 12.2 Å². The number of fused-ring (bicyclic) bond motifs is 2. The summed E-state index contributed by atoms with van der Waals surface area (Å²) in [6.45, 7) is 2.04. The molecule has 1 unspecified atom stereocenters. The van der Waals surface area contributed by atoms with Gasteiger partial charge in [-0.1, -0.05) is 36.4 Å². The second-order valence-corrected chi connectivity index (χ2v) is 7.03. The predicted octanol–water partition coefficient (Wildman–Crippen LogP) is 4.33. The number of nitrogens with zero attached hydrogens (tertiary/aromatic N) is 2.